The number of carbonyl (C=O) groups is 2. The molecule has 4 nitrogen and oxygen atoms in total. The van der Waals surface area contributed by atoms with Crippen molar-refractivity contribution in [2.75, 3.05) is 0 Å². The van der Waals surface area contributed by atoms with Gasteiger partial charge >= 0.3 is 11.9 Å². The highest BCUT2D eigenvalue weighted by Crippen LogP contribution is 2.17. The molecule has 0 saturated carbocycles. The van der Waals surface area contributed by atoms with E-state index >= 15 is 0 Å². The maximum atomic E-state index is 11.2. The Morgan fingerprint density at radius 3 is 2.27 bits per heavy atom. The third-order valence-corrected chi connectivity index (χ3v) is 4.19. The van der Waals surface area contributed by atoms with Crippen molar-refractivity contribution < 1.29 is 19.1 Å². The molecule has 0 aliphatic carbocycles. The Morgan fingerprint density at radius 1 is 1.33 bits per heavy atom. The van der Waals surface area contributed by atoms with Crippen LogP contribution in [0.1, 0.15) is 13.8 Å². The number of hydrogen-bond acceptors (Lipinski definition) is 3. The molecule has 0 spiro atoms. The van der Waals surface area contributed by atoms with Crippen molar-refractivity contribution in [3.8, 4) is 0 Å². The van der Waals surface area contributed by atoms with Gasteiger partial charge in [-0.25, -0.2) is 9.59 Å². The molecule has 0 aromatic heterocycles. The largest absolute Gasteiger partial charge is 0.517 e. The Hall–Kier alpha value is -1.10. The molecule has 0 heterocycles. The van der Waals surface area contributed by atoms with Crippen molar-refractivity contribution in [3.63, 3.8) is 0 Å². The molecule has 0 amide bonds. The molecule has 0 unspecified atom stereocenters. The van der Waals surface area contributed by atoms with Crippen molar-refractivity contribution in [3.05, 3.63) is 12.2 Å². The quantitative estimate of drug-likeness (QED) is 0.580. The van der Waals surface area contributed by atoms with E-state index in [9.17, 15) is 9.59 Å². The maximum absolute atomic E-state index is 11.2. The van der Waals surface area contributed by atoms with Gasteiger partial charge in [-0.3, -0.25) is 0 Å². The molecule has 0 aromatic rings. The first-order valence-corrected chi connectivity index (χ1v) is 7.98. The van der Waals surface area contributed by atoms with E-state index in [2.05, 4.69) is 13.8 Å². The highest BCUT2D eigenvalue weighted by Gasteiger charge is 2.27. The SMILES string of the molecule is CC(C)C[Si](C)(C)OC(=O)C=CC(=O)O. The van der Waals surface area contributed by atoms with E-state index < -0.39 is 20.3 Å². The average Bonchev–Trinajstić information content (AvgIpc) is 1.96. The first-order valence-electron chi connectivity index (χ1n) is 4.87. The molecule has 0 fully saturated rings. The fraction of sp³-hybridized carbons (Fsp3) is 0.600. The fourth-order valence-corrected chi connectivity index (χ4v) is 4.13. The van der Waals surface area contributed by atoms with Gasteiger partial charge in [0.2, 0.25) is 8.32 Å². The molecule has 1 N–H and O–H groups in total. The first kappa shape index (κ1) is 13.9. The number of hydrogen-bond donors (Lipinski definition) is 1. The van der Waals surface area contributed by atoms with Gasteiger partial charge in [-0.15, -0.1) is 0 Å². The number of aliphatic carboxylic acids is 1. The lowest BCUT2D eigenvalue weighted by molar-refractivity contribution is -0.133. The van der Waals surface area contributed by atoms with Crippen LogP contribution < -0.4 is 0 Å². The molecular formula is C10H18O4Si. The summed E-state index contributed by atoms with van der Waals surface area (Å²) in [7, 11) is -2.00. The minimum absolute atomic E-state index is 0.475. The zero-order chi connectivity index (χ0) is 12.1. The van der Waals surface area contributed by atoms with E-state index in [1.54, 1.807) is 0 Å². The number of rotatable bonds is 5. The van der Waals surface area contributed by atoms with E-state index in [0.717, 1.165) is 18.2 Å². The van der Waals surface area contributed by atoms with Crippen molar-refractivity contribution in [1.82, 2.24) is 0 Å². The molecule has 15 heavy (non-hydrogen) atoms. The summed E-state index contributed by atoms with van der Waals surface area (Å²) < 4.78 is 5.25. The lowest BCUT2D eigenvalue weighted by Crippen LogP contribution is -2.34. The standard InChI is InChI=1S/C10H18O4Si/c1-8(2)7-15(3,4)14-10(13)6-5-9(11)12/h5-6,8H,7H2,1-4H3,(H,11,12). The minimum atomic E-state index is -2.00. The van der Waals surface area contributed by atoms with Gasteiger partial charge in [0.1, 0.15) is 0 Å². The molecule has 0 atom stereocenters. The molecule has 0 saturated heterocycles. The van der Waals surface area contributed by atoms with E-state index in [1.807, 2.05) is 13.1 Å². The molecular weight excluding hydrogens is 212 g/mol. The predicted molar refractivity (Wildman–Crippen MR) is 60.0 cm³/mol. The molecule has 0 aromatic carbocycles. The molecule has 5 heteroatoms. The summed E-state index contributed by atoms with van der Waals surface area (Å²) in [6.45, 7) is 8.02. The van der Waals surface area contributed by atoms with Gasteiger partial charge in [0, 0.05) is 12.2 Å². The Bertz CT molecular complexity index is 269. The van der Waals surface area contributed by atoms with Gasteiger partial charge in [0.25, 0.3) is 0 Å². The molecule has 0 aliphatic heterocycles. The van der Waals surface area contributed by atoms with Crippen LogP contribution in [-0.2, 0) is 14.0 Å². The van der Waals surface area contributed by atoms with Crippen LogP contribution in [0.4, 0.5) is 0 Å². The van der Waals surface area contributed by atoms with Crippen LogP contribution in [0.2, 0.25) is 19.1 Å². The van der Waals surface area contributed by atoms with Crippen LogP contribution in [0.15, 0.2) is 12.2 Å². The minimum Gasteiger partial charge on any atom is -0.517 e. The second-order valence-electron chi connectivity index (χ2n) is 4.45. The predicted octanol–water partition coefficient (Wildman–Crippen LogP) is 2.03. The average molecular weight is 230 g/mol. The van der Waals surface area contributed by atoms with Crippen molar-refractivity contribution in [2.45, 2.75) is 33.0 Å². The molecule has 0 bridgehead atoms. The smallest absolute Gasteiger partial charge is 0.328 e. The summed E-state index contributed by atoms with van der Waals surface area (Å²) in [6.07, 6.45) is 1.75. The fourth-order valence-electron chi connectivity index (χ4n) is 1.47. The van der Waals surface area contributed by atoms with Gasteiger partial charge in [0.15, 0.2) is 0 Å². The van der Waals surface area contributed by atoms with E-state index in [-0.39, 0.29) is 0 Å². The second-order valence-corrected chi connectivity index (χ2v) is 8.58. The first-order chi connectivity index (χ1) is 6.73. The van der Waals surface area contributed by atoms with Gasteiger partial charge < -0.3 is 9.53 Å². The Kier molecular flexibility index (Phi) is 5.28. The number of carbonyl (C=O) groups excluding carboxylic acids is 1. The maximum Gasteiger partial charge on any atom is 0.328 e. The van der Waals surface area contributed by atoms with E-state index in [1.165, 1.54) is 0 Å². The lowest BCUT2D eigenvalue weighted by atomic mass is 10.3. The van der Waals surface area contributed by atoms with Gasteiger partial charge in [-0.05, 0) is 25.1 Å². The highest BCUT2D eigenvalue weighted by atomic mass is 28.4. The Balaban J connectivity index is 4.21. The van der Waals surface area contributed by atoms with Crippen LogP contribution in [0.25, 0.3) is 0 Å². The Labute approximate surface area is 91.1 Å². The topological polar surface area (TPSA) is 63.6 Å². The van der Waals surface area contributed by atoms with Gasteiger partial charge in [-0.2, -0.15) is 0 Å². The zero-order valence-corrected chi connectivity index (χ0v) is 10.6. The summed E-state index contributed by atoms with van der Waals surface area (Å²) in [6, 6.07) is 0.875. The van der Waals surface area contributed by atoms with E-state index in [0.29, 0.717) is 5.92 Å². The van der Waals surface area contributed by atoms with Gasteiger partial charge in [-0.1, -0.05) is 13.8 Å². The third kappa shape index (κ3) is 7.93. The van der Waals surface area contributed by atoms with Gasteiger partial charge in [0.05, 0.1) is 0 Å². The van der Waals surface area contributed by atoms with Crippen molar-refractivity contribution >= 4 is 20.3 Å². The Morgan fingerprint density at radius 2 is 1.87 bits per heavy atom. The normalized spacial score (nSPS) is 12.1. The summed E-state index contributed by atoms with van der Waals surface area (Å²) in [5.41, 5.74) is 0. The third-order valence-electron chi connectivity index (χ3n) is 1.64. The summed E-state index contributed by atoms with van der Waals surface area (Å²) >= 11 is 0. The summed E-state index contributed by atoms with van der Waals surface area (Å²) in [4.78, 5) is 21.4. The zero-order valence-electron chi connectivity index (χ0n) is 9.61. The molecule has 0 aliphatic rings. The second kappa shape index (κ2) is 5.70. The number of carboxylic acid groups (broad SMARTS) is 1. The van der Waals surface area contributed by atoms with Crippen molar-refractivity contribution in [1.29, 1.82) is 0 Å². The lowest BCUT2D eigenvalue weighted by Gasteiger charge is -2.23. The van der Waals surface area contributed by atoms with Crippen LogP contribution in [0.5, 0.6) is 0 Å². The van der Waals surface area contributed by atoms with Crippen LogP contribution in [0, 0.1) is 5.92 Å². The molecule has 0 radical (unpaired) electrons. The van der Waals surface area contributed by atoms with E-state index in [4.69, 9.17) is 9.53 Å². The molecule has 86 valence electrons. The van der Waals surface area contributed by atoms with Crippen LogP contribution >= 0.6 is 0 Å². The summed E-state index contributed by atoms with van der Waals surface area (Å²) in [5, 5.41) is 8.32. The molecule has 0 rings (SSSR count). The number of carboxylic acids is 1. The van der Waals surface area contributed by atoms with Crippen molar-refractivity contribution in [2.24, 2.45) is 5.92 Å². The summed E-state index contributed by atoms with van der Waals surface area (Å²) in [5.74, 6) is -1.23. The van der Waals surface area contributed by atoms with Crippen LogP contribution in [0.3, 0.4) is 0 Å². The van der Waals surface area contributed by atoms with Crippen LogP contribution in [-0.4, -0.2) is 25.4 Å². The monoisotopic (exact) mass is 230 g/mol. The highest BCUT2D eigenvalue weighted by molar-refractivity contribution is 6.72.